The van der Waals surface area contributed by atoms with E-state index < -0.39 is 5.97 Å². The lowest BCUT2D eigenvalue weighted by Gasteiger charge is -2.39. The highest BCUT2D eigenvalue weighted by atomic mass is 35.5. The zero-order valence-electron chi connectivity index (χ0n) is 19.2. The van der Waals surface area contributed by atoms with Gasteiger partial charge in [-0.05, 0) is 87.2 Å². The third-order valence-electron chi connectivity index (χ3n) is 8.04. The second kappa shape index (κ2) is 12.0. The van der Waals surface area contributed by atoms with Crippen molar-refractivity contribution in [3.8, 4) is 0 Å². The van der Waals surface area contributed by atoms with E-state index in [1.54, 1.807) is 6.07 Å². The molecule has 4 unspecified atom stereocenters. The van der Waals surface area contributed by atoms with E-state index in [4.69, 9.17) is 16.7 Å². The summed E-state index contributed by atoms with van der Waals surface area (Å²) in [6, 6.07) is 3.65. The SMILES string of the molecule is CCCCCC1(CCC2C(O)CC(Cl)C2CCCc2ccc(C(=O)O)s2)CCCCC1. The highest BCUT2D eigenvalue weighted by Crippen LogP contribution is 2.48. The Balaban J connectivity index is 1.54. The van der Waals surface area contributed by atoms with Gasteiger partial charge in [-0.1, -0.05) is 45.4 Å². The first-order chi connectivity index (χ1) is 14.9. The average molecular weight is 469 g/mol. The molecule has 0 amide bonds. The molecule has 3 nitrogen and oxygen atoms in total. The predicted molar refractivity (Wildman–Crippen MR) is 130 cm³/mol. The monoisotopic (exact) mass is 468 g/mol. The maximum absolute atomic E-state index is 11.1. The lowest BCUT2D eigenvalue weighted by atomic mass is 9.66. The first kappa shape index (κ1) is 25.1. The normalized spacial score (nSPS) is 28.1. The molecule has 0 saturated heterocycles. The van der Waals surface area contributed by atoms with E-state index in [1.165, 1.54) is 75.5 Å². The molecule has 2 fully saturated rings. The lowest BCUT2D eigenvalue weighted by Crippen LogP contribution is -2.28. The number of halogens is 1. The topological polar surface area (TPSA) is 57.5 Å². The first-order valence-electron chi connectivity index (χ1n) is 12.6. The number of alkyl halides is 1. The van der Waals surface area contributed by atoms with E-state index in [-0.39, 0.29) is 11.5 Å². The second-order valence-corrected chi connectivity index (χ2v) is 11.9. The minimum Gasteiger partial charge on any atom is -0.477 e. The molecule has 2 aliphatic rings. The Bertz CT molecular complexity index is 682. The Morgan fingerprint density at radius 2 is 1.87 bits per heavy atom. The number of hydrogen-bond donors (Lipinski definition) is 2. The fraction of sp³-hybridized carbons (Fsp3) is 0.808. The molecule has 0 radical (unpaired) electrons. The molecule has 0 aromatic carbocycles. The molecule has 31 heavy (non-hydrogen) atoms. The number of carboxylic acid groups (broad SMARTS) is 1. The van der Waals surface area contributed by atoms with E-state index in [9.17, 15) is 9.90 Å². The van der Waals surface area contributed by atoms with Crippen LogP contribution in [0.15, 0.2) is 12.1 Å². The third kappa shape index (κ3) is 6.95. The molecule has 3 rings (SSSR count). The van der Waals surface area contributed by atoms with E-state index in [0.717, 1.165) is 37.0 Å². The Labute approximate surface area is 197 Å². The number of carboxylic acids is 1. The molecule has 0 aliphatic heterocycles. The van der Waals surface area contributed by atoms with Crippen LogP contribution in [-0.2, 0) is 6.42 Å². The lowest BCUT2D eigenvalue weighted by molar-refractivity contribution is 0.0702. The van der Waals surface area contributed by atoms with Gasteiger partial charge in [0.2, 0.25) is 0 Å². The largest absolute Gasteiger partial charge is 0.477 e. The fourth-order valence-corrected chi connectivity index (χ4v) is 7.61. The first-order valence-corrected chi connectivity index (χ1v) is 13.8. The molecule has 0 spiro atoms. The Hall–Kier alpha value is -0.580. The third-order valence-corrected chi connectivity index (χ3v) is 9.68. The number of thiophene rings is 1. The van der Waals surface area contributed by atoms with Crippen LogP contribution in [0.2, 0.25) is 0 Å². The number of aliphatic hydroxyl groups is 1. The maximum atomic E-state index is 11.1. The summed E-state index contributed by atoms with van der Waals surface area (Å²) in [6.45, 7) is 2.28. The number of carbonyl (C=O) groups is 1. The number of hydrogen-bond acceptors (Lipinski definition) is 3. The van der Waals surface area contributed by atoms with E-state index in [2.05, 4.69) is 6.92 Å². The van der Waals surface area contributed by atoms with Gasteiger partial charge in [0.25, 0.3) is 0 Å². The standard InChI is InChI=1S/C26H41ClO3S/c1-2-3-5-14-26(15-6-4-7-16-26)17-13-21-20(22(27)18-23(21)28)10-8-9-19-11-12-24(31-19)25(29)30/h11-12,20-23,28H,2-10,13-18H2,1H3,(H,29,30). The summed E-state index contributed by atoms with van der Waals surface area (Å²) in [7, 11) is 0. The zero-order valence-corrected chi connectivity index (χ0v) is 20.7. The predicted octanol–water partition coefficient (Wildman–Crippen LogP) is 7.68. The number of aliphatic hydroxyl groups excluding tert-OH is 1. The Morgan fingerprint density at radius 1 is 1.10 bits per heavy atom. The number of rotatable bonds is 12. The van der Waals surface area contributed by atoms with Gasteiger partial charge in [0.05, 0.1) is 6.10 Å². The van der Waals surface area contributed by atoms with Crippen molar-refractivity contribution in [3.05, 3.63) is 21.9 Å². The van der Waals surface area contributed by atoms with Gasteiger partial charge in [0.15, 0.2) is 0 Å². The van der Waals surface area contributed by atoms with Crippen LogP contribution in [0, 0.1) is 17.3 Å². The average Bonchev–Trinajstić information content (AvgIpc) is 3.32. The van der Waals surface area contributed by atoms with Crippen LogP contribution in [0.1, 0.15) is 111 Å². The zero-order chi connectivity index (χ0) is 22.3. The van der Waals surface area contributed by atoms with Gasteiger partial charge in [-0.25, -0.2) is 4.79 Å². The molecule has 1 heterocycles. The van der Waals surface area contributed by atoms with Gasteiger partial charge in [0.1, 0.15) is 4.88 Å². The van der Waals surface area contributed by atoms with Crippen LogP contribution in [0.3, 0.4) is 0 Å². The highest BCUT2D eigenvalue weighted by Gasteiger charge is 2.42. The molecule has 0 bridgehead atoms. The van der Waals surface area contributed by atoms with Gasteiger partial charge in [-0.2, -0.15) is 0 Å². The summed E-state index contributed by atoms with van der Waals surface area (Å²) < 4.78 is 0. The van der Waals surface area contributed by atoms with Gasteiger partial charge >= 0.3 is 5.97 Å². The maximum Gasteiger partial charge on any atom is 0.345 e. The van der Waals surface area contributed by atoms with E-state index in [1.807, 2.05) is 6.07 Å². The van der Waals surface area contributed by atoms with Crippen LogP contribution in [0.5, 0.6) is 0 Å². The van der Waals surface area contributed by atoms with Gasteiger partial charge < -0.3 is 10.2 Å². The molecule has 4 atom stereocenters. The second-order valence-electron chi connectivity index (χ2n) is 10.2. The van der Waals surface area contributed by atoms with Crippen LogP contribution < -0.4 is 0 Å². The van der Waals surface area contributed by atoms with Crippen molar-refractivity contribution in [1.29, 1.82) is 0 Å². The molecule has 1 aromatic rings. The molecule has 176 valence electrons. The minimum atomic E-state index is -0.841. The van der Waals surface area contributed by atoms with Crippen LogP contribution in [0.4, 0.5) is 0 Å². The van der Waals surface area contributed by atoms with Crippen LogP contribution in [0.25, 0.3) is 0 Å². The summed E-state index contributed by atoms with van der Waals surface area (Å²) in [5.41, 5.74) is 0.506. The highest BCUT2D eigenvalue weighted by molar-refractivity contribution is 7.13. The van der Waals surface area contributed by atoms with Crippen molar-refractivity contribution in [2.45, 2.75) is 115 Å². The minimum absolute atomic E-state index is 0.0697. The Kier molecular flexibility index (Phi) is 9.73. The Morgan fingerprint density at radius 3 is 2.55 bits per heavy atom. The molecular weight excluding hydrogens is 428 g/mol. The number of unbranched alkanes of at least 4 members (excludes halogenated alkanes) is 2. The van der Waals surface area contributed by atoms with Crippen molar-refractivity contribution in [2.75, 3.05) is 0 Å². The van der Waals surface area contributed by atoms with Crippen molar-refractivity contribution in [3.63, 3.8) is 0 Å². The van der Waals surface area contributed by atoms with E-state index >= 15 is 0 Å². The van der Waals surface area contributed by atoms with Crippen LogP contribution >= 0.6 is 22.9 Å². The smallest absolute Gasteiger partial charge is 0.345 e. The van der Waals surface area contributed by atoms with Gasteiger partial charge in [0, 0.05) is 10.3 Å². The molecule has 2 N–H and O–H groups in total. The number of aromatic carboxylic acids is 1. The summed E-state index contributed by atoms with van der Waals surface area (Å²) in [5, 5.41) is 20.0. The molecule has 1 aromatic heterocycles. The summed E-state index contributed by atoms with van der Waals surface area (Å²) in [4.78, 5) is 12.6. The van der Waals surface area contributed by atoms with Gasteiger partial charge in [-0.15, -0.1) is 22.9 Å². The quantitative estimate of drug-likeness (QED) is 0.244. The molecule has 2 aliphatic carbocycles. The summed E-state index contributed by atoms with van der Waals surface area (Å²) in [5.74, 6) is -0.135. The molecular formula is C26H41ClO3S. The fourth-order valence-electron chi connectivity index (χ4n) is 6.22. The van der Waals surface area contributed by atoms with Crippen molar-refractivity contribution < 1.29 is 15.0 Å². The van der Waals surface area contributed by atoms with E-state index in [0.29, 0.717) is 22.1 Å². The van der Waals surface area contributed by atoms with Crippen molar-refractivity contribution >= 4 is 28.9 Å². The van der Waals surface area contributed by atoms with Crippen molar-refractivity contribution in [1.82, 2.24) is 0 Å². The molecule has 5 heteroatoms. The summed E-state index contributed by atoms with van der Waals surface area (Å²) >= 11 is 8.10. The van der Waals surface area contributed by atoms with Crippen LogP contribution in [-0.4, -0.2) is 27.7 Å². The number of aryl methyl sites for hydroxylation is 1. The van der Waals surface area contributed by atoms with Crippen molar-refractivity contribution in [2.24, 2.45) is 17.3 Å². The summed E-state index contributed by atoms with van der Waals surface area (Å²) in [6.07, 6.45) is 18.0. The van der Waals surface area contributed by atoms with Gasteiger partial charge in [-0.3, -0.25) is 0 Å². The molecule has 2 saturated carbocycles.